The average molecular weight is 215 g/mol. The highest BCUT2D eigenvalue weighted by molar-refractivity contribution is 5.75. The van der Waals surface area contributed by atoms with E-state index < -0.39 is 16.9 Å². The zero-order chi connectivity index (χ0) is 12.3. The van der Waals surface area contributed by atoms with Crippen LogP contribution in [0.25, 0.3) is 0 Å². The topological polar surface area (TPSA) is 49.3 Å². The van der Waals surface area contributed by atoms with E-state index in [1.165, 1.54) is 0 Å². The summed E-state index contributed by atoms with van der Waals surface area (Å²) in [4.78, 5) is 11.1. The smallest absolute Gasteiger partial charge is 0.310 e. The van der Waals surface area contributed by atoms with Gasteiger partial charge < -0.3 is 10.4 Å². The van der Waals surface area contributed by atoms with Gasteiger partial charge in [0.05, 0.1) is 5.41 Å². The van der Waals surface area contributed by atoms with Crippen LogP contribution in [0.5, 0.6) is 0 Å². The van der Waals surface area contributed by atoms with Crippen molar-refractivity contribution in [3.05, 3.63) is 0 Å². The molecule has 0 fully saturated rings. The molecule has 0 heterocycles. The van der Waals surface area contributed by atoms with Gasteiger partial charge in [-0.2, -0.15) is 0 Å². The fourth-order valence-electron chi connectivity index (χ4n) is 1.16. The highest BCUT2D eigenvalue weighted by Gasteiger charge is 2.42. The van der Waals surface area contributed by atoms with E-state index in [-0.39, 0.29) is 0 Å². The Morgan fingerprint density at radius 2 is 1.73 bits per heavy atom. The molecule has 0 atom stereocenters. The van der Waals surface area contributed by atoms with Crippen LogP contribution >= 0.6 is 0 Å². The van der Waals surface area contributed by atoms with Crippen LogP contribution in [0.15, 0.2) is 0 Å². The minimum Gasteiger partial charge on any atom is -0.481 e. The summed E-state index contributed by atoms with van der Waals surface area (Å²) in [7, 11) is 0. The third kappa shape index (κ3) is 3.82. The summed E-state index contributed by atoms with van der Waals surface area (Å²) in [6.07, 6.45) is 1.07. The Balaban J connectivity index is 4.35. The lowest BCUT2D eigenvalue weighted by Crippen LogP contribution is -2.55. The van der Waals surface area contributed by atoms with Gasteiger partial charge in [-0.15, -0.1) is 0 Å². The predicted molar refractivity (Wildman–Crippen MR) is 63.0 cm³/mol. The molecular weight excluding hydrogens is 190 g/mol. The van der Waals surface area contributed by atoms with Crippen molar-refractivity contribution >= 4 is 5.97 Å². The molecule has 0 aromatic carbocycles. The third-order valence-corrected chi connectivity index (χ3v) is 3.39. The Hall–Kier alpha value is -0.570. The van der Waals surface area contributed by atoms with Crippen molar-refractivity contribution < 1.29 is 9.90 Å². The van der Waals surface area contributed by atoms with Gasteiger partial charge in [0.1, 0.15) is 0 Å². The molecule has 0 rings (SSSR count). The molecule has 90 valence electrons. The molecule has 0 aliphatic heterocycles. The van der Waals surface area contributed by atoms with Crippen LogP contribution in [0.3, 0.4) is 0 Å². The quantitative estimate of drug-likeness (QED) is 0.715. The summed E-state index contributed by atoms with van der Waals surface area (Å²) < 4.78 is 0. The molecular formula is C12H25NO2. The normalized spacial score (nSPS) is 13.3. The van der Waals surface area contributed by atoms with Crippen molar-refractivity contribution in [3.63, 3.8) is 0 Å². The number of hydrogen-bond acceptors (Lipinski definition) is 2. The first kappa shape index (κ1) is 14.4. The second kappa shape index (κ2) is 4.97. The maximum atomic E-state index is 11.1. The molecule has 0 unspecified atom stereocenters. The van der Waals surface area contributed by atoms with E-state index in [4.69, 9.17) is 5.11 Å². The van der Waals surface area contributed by atoms with Gasteiger partial charge in [-0.1, -0.05) is 13.8 Å². The SMILES string of the molecule is CC(C)CCNC(C)(C)C(C)(C)C(=O)O. The van der Waals surface area contributed by atoms with Crippen molar-refractivity contribution in [2.24, 2.45) is 11.3 Å². The summed E-state index contributed by atoms with van der Waals surface area (Å²) in [6.45, 7) is 12.6. The lowest BCUT2D eigenvalue weighted by molar-refractivity contribution is -0.151. The Morgan fingerprint density at radius 3 is 2.07 bits per heavy atom. The van der Waals surface area contributed by atoms with Gasteiger partial charge in [0.2, 0.25) is 0 Å². The van der Waals surface area contributed by atoms with E-state index in [0.29, 0.717) is 5.92 Å². The first-order chi connectivity index (χ1) is 6.61. The average Bonchev–Trinajstić information content (AvgIpc) is 2.02. The van der Waals surface area contributed by atoms with Crippen molar-refractivity contribution in [1.82, 2.24) is 5.32 Å². The number of hydrogen-bond donors (Lipinski definition) is 2. The molecule has 0 saturated heterocycles. The molecule has 0 aliphatic carbocycles. The standard InChI is InChI=1S/C12H25NO2/c1-9(2)7-8-13-12(5,6)11(3,4)10(14)15/h9,13H,7-8H2,1-6H3,(H,14,15). The first-order valence-corrected chi connectivity index (χ1v) is 5.59. The first-order valence-electron chi connectivity index (χ1n) is 5.59. The molecule has 2 N–H and O–H groups in total. The maximum absolute atomic E-state index is 11.1. The number of carboxylic acid groups (broad SMARTS) is 1. The highest BCUT2D eigenvalue weighted by Crippen LogP contribution is 2.30. The minimum absolute atomic E-state index is 0.395. The number of nitrogens with one attached hydrogen (secondary N) is 1. The summed E-state index contributed by atoms with van der Waals surface area (Å²) in [6, 6.07) is 0. The van der Waals surface area contributed by atoms with Crippen LogP contribution in [0.4, 0.5) is 0 Å². The molecule has 3 nitrogen and oxygen atoms in total. The molecule has 0 spiro atoms. The van der Waals surface area contributed by atoms with Crippen LogP contribution in [-0.4, -0.2) is 23.2 Å². The lowest BCUT2D eigenvalue weighted by atomic mass is 9.74. The summed E-state index contributed by atoms with van der Waals surface area (Å²) in [5, 5.41) is 12.5. The Morgan fingerprint density at radius 1 is 1.27 bits per heavy atom. The Labute approximate surface area is 93.3 Å². The fourth-order valence-corrected chi connectivity index (χ4v) is 1.16. The van der Waals surface area contributed by atoms with Gasteiger partial charge in [0, 0.05) is 5.54 Å². The van der Waals surface area contributed by atoms with Gasteiger partial charge in [0.15, 0.2) is 0 Å². The summed E-state index contributed by atoms with van der Waals surface area (Å²) in [5.41, 5.74) is -1.16. The molecule has 0 bridgehead atoms. The summed E-state index contributed by atoms with van der Waals surface area (Å²) >= 11 is 0. The highest BCUT2D eigenvalue weighted by atomic mass is 16.4. The number of rotatable bonds is 6. The second-order valence-electron chi connectivity index (χ2n) is 5.66. The van der Waals surface area contributed by atoms with Crippen LogP contribution in [-0.2, 0) is 4.79 Å². The monoisotopic (exact) mass is 215 g/mol. The molecule has 0 radical (unpaired) electrons. The van der Waals surface area contributed by atoms with Gasteiger partial charge >= 0.3 is 5.97 Å². The van der Waals surface area contributed by atoms with E-state index >= 15 is 0 Å². The largest absolute Gasteiger partial charge is 0.481 e. The molecule has 0 saturated carbocycles. The third-order valence-electron chi connectivity index (χ3n) is 3.39. The van der Waals surface area contributed by atoms with Gasteiger partial charge in [-0.05, 0) is 46.6 Å². The van der Waals surface area contributed by atoms with E-state index in [9.17, 15) is 4.79 Å². The fraction of sp³-hybridized carbons (Fsp3) is 0.917. The van der Waals surface area contributed by atoms with Crippen LogP contribution < -0.4 is 5.32 Å². The van der Waals surface area contributed by atoms with E-state index in [2.05, 4.69) is 19.2 Å². The van der Waals surface area contributed by atoms with Gasteiger partial charge in [0.25, 0.3) is 0 Å². The van der Waals surface area contributed by atoms with Gasteiger partial charge in [-0.3, -0.25) is 4.79 Å². The van der Waals surface area contributed by atoms with Crippen LogP contribution in [0, 0.1) is 11.3 Å². The zero-order valence-electron chi connectivity index (χ0n) is 10.8. The van der Waals surface area contributed by atoms with Crippen molar-refractivity contribution in [1.29, 1.82) is 0 Å². The number of aliphatic carboxylic acids is 1. The van der Waals surface area contributed by atoms with Crippen LogP contribution in [0.2, 0.25) is 0 Å². The second-order valence-corrected chi connectivity index (χ2v) is 5.66. The number of carboxylic acids is 1. The zero-order valence-corrected chi connectivity index (χ0v) is 10.8. The lowest BCUT2D eigenvalue weighted by Gasteiger charge is -2.39. The number of carbonyl (C=O) groups is 1. The van der Waals surface area contributed by atoms with E-state index in [1.54, 1.807) is 13.8 Å². The Bertz CT molecular complexity index is 220. The van der Waals surface area contributed by atoms with E-state index in [1.807, 2.05) is 13.8 Å². The van der Waals surface area contributed by atoms with Crippen molar-refractivity contribution in [2.45, 2.75) is 53.5 Å². The molecule has 0 aliphatic rings. The van der Waals surface area contributed by atoms with Crippen molar-refractivity contribution in [3.8, 4) is 0 Å². The maximum Gasteiger partial charge on any atom is 0.310 e. The van der Waals surface area contributed by atoms with Crippen molar-refractivity contribution in [2.75, 3.05) is 6.54 Å². The summed E-state index contributed by atoms with van der Waals surface area (Å²) in [5.74, 6) is -0.120. The van der Waals surface area contributed by atoms with Gasteiger partial charge in [-0.25, -0.2) is 0 Å². The van der Waals surface area contributed by atoms with E-state index in [0.717, 1.165) is 13.0 Å². The molecule has 3 heteroatoms. The Kier molecular flexibility index (Phi) is 4.78. The molecule has 0 aromatic heterocycles. The molecule has 0 aromatic rings. The minimum atomic E-state index is -0.760. The predicted octanol–water partition coefficient (Wildman–Crippen LogP) is 2.51. The molecule has 15 heavy (non-hydrogen) atoms. The van der Waals surface area contributed by atoms with Crippen LogP contribution in [0.1, 0.15) is 48.0 Å². The molecule has 0 amide bonds.